The molecule has 1 fully saturated rings. The van der Waals surface area contributed by atoms with E-state index in [0.29, 0.717) is 6.42 Å². The summed E-state index contributed by atoms with van der Waals surface area (Å²) in [5.74, 6) is -4.16. The van der Waals surface area contributed by atoms with Gasteiger partial charge in [-0.3, -0.25) is 0 Å². The molecule has 0 saturated carbocycles. The van der Waals surface area contributed by atoms with Crippen LogP contribution in [0, 0.1) is 0 Å². The molecule has 0 aliphatic carbocycles. The van der Waals surface area contributed by atoms with E-state index in [0.717, 1.165) is 6.42 Å². The first-order valence-corrected chi connectivity index (χ1v) is 19.4. The number of aromatic hydroxyl groups is 1. The van der Waals surface area contributed by atoms with Gasteiger partial charge in [-0.05, 0) is 67.1 Å². The fourth-order valence-corrected chi connectivity index (χ4v) is 6.42. The molecule has 1 saturated heterocycles. The molecule has 1 N–H and O–H groups in total. The van der Waals surface area contributed by atoms with Crippen molar-refractivity contribution in [3.8, 4) is 17.2 Å². The van der Waals surface area contributed by atoms with Gasteiger partial charge in [0.05, 0.1) is 34.2 Å². The maximum Gasteiger partial charge on any atom is 0.383 e. The minimum Gasteiger partial charge on any atom is -0.504 e. The molecule has 312 valence electrons. The number of ether oxygens (including phenoxy) is 7. The molecule has 0 radical (unpaired) electrons. The number of carbonyl (C=O) groups excluding carboxylic acids is 4. The van der Waals surface area contributed by atoms with Crippen LogP contribution in [0.4, 0.5) is 0 Å². The van der Waals surface area contributed by atoms with E-state index in [1.807, 2.05) is 6.92 Å². The van der Waals surface area contributed by atoms with Crippen LogP contribution in [-0.4, -0.2) is 72.9 Å². The second-order valence-corrected chi connectivity index (χ2v) is 13.8. The van der Waals surface area contributed by atoms with Crippen LogP contribution in [0.25, 0.3) is 11.0 Å². The molecule has 1 aliphatic heterocycles. The maximum absolute atomic E-state index is 13.9. The van der Waals surface area contributed by atoms with Gasteiger partial charge in [0.25, 0.3) is 0 Å². The van der Waals surface area contributed by atoms with Gasteiger partial charge >= 0.3 is 29.5 Å². The molecule has 5 aromatic carbocycles. The number of benzene rings is 5. The fraction of sp³-hybridized carbons (Fsp3) is 0.213. The number of hydrogen-bond donors (Lipinski definition) is 1. The molecule has 14 nitrogen and oxygen atoms in total. The van der Waals surface area contributed by atoms with Crippen LogP contribution in [-0.2, 0) is 23.7 Å². The standard InChI is InChI=1S/C47H40O14/c1-2-3-26-54-39-37(48)34-25-24-33(27-35(34)57-46(39)53)56-47-41(61-45(52)32-22-14-7-15-23-32)40(60-44(51)31-20-12-6-13-21-31)38(59-43(50)30-18-10-5-11-19-30)36(58-47)28-55-42(49)29-16-8-4-9-17-29/h4-25,27,36,38,40-41,47-48H,2-3,26,28H2,1H3/t36-,38-,40+,41-,47-/m1/s1. The highest BCUT2D eigenvalue weighted by molar-refractivity contribution is 5.92. The van der Waals surface area contributed by atoms with Gasteiger partial charge in [-0.2, -0.15) is 0 Å². The SMILES string of the molecule is CCCCOc1c(O)c2ccc(O[C@@H]3O[C@H](COC(=O)c4ccccc4)[C@@H](OC(=O)c4ccccc4)[C@H](OC(=O)c4ccccc4)[C@H]3OC(=O)c3ccccc3)cc2oc1=O. The number of fused-ring (bicyclic) bond motifs is 1. The minimum absolute atomic E-state index is 0.0200. The third-order valence-corrected chi connectivity index (χ3v) is 9.55. The molecule has 0 spiro atoms. The van der Waals surface area contributed by atoms with E-state index < -0.39 is 72.6 Å². The van der Waals surface area contributed by atoms with Crippen molar-refractivity contribution in [2.45, 2.75) is 50.5 Å². The highest BCUT2D eigenvalue weighted by Gasteiger charge is 2.54. The lowest BCUT2D eigenvalue weighted by Gasteiger charge is -2.44. The third kappa shape index (κ3) is 10.1. The number of rotatable bonds is 15. The zero-order chi connectivity index (χ0) is 42.7. The molecule has 1 aliphatic rings. The van der Waals surface area contributed by atoms with E-state index in [4.69, 9.17) is 37.6 Å². The quantitative estimate of drug-likeness (QED) is 0.0470. The molecule has 0 unspecified atom stereocenters. The van der Waals surface area contributed by atoms with E-state index in [1.165, 1.54) is 54.6 Å². The predicted molar refractivity (Wildman–Crippen MR) is 218 cm³/mol. The first-order chi connectivity index (χ1) is 29.7. The Morgan fingerprint density at radius 3 is 1.64 bits per heavy atom. The fourth-order valence-electron chi connectivity index (χ4n) is 6.42. The third-order valence-electron chi connectivity index (χ3n) is 9.55. The van der Waals surface area contributed by atoms with Crippen molar-refractivity contribution >= 4 is 34.8 Å². The van der Waals surface area contributed by atoms with E-state index >= 15 is 0 Å². The zero-order valence-corrected chi connectivity index (χ0v) is 32.7. The summed E-state index contributed by atoms with van der Waals surface area (Å²) in [7, 11) is 0. The van der Waals surface area contributed by atoms with Crippen molar-refractivity contribution < 1.29 is 61.9 Å². The average molecular weight is 829 g/mol. The van der Waals surface area contributed by atoms with Gasteiger partial charge in [0.15, 0.2) is 18.0 Å². The zero-order valence-electron chi connectivity index (χ0n) is 32.7. The average Bonchev–Trinajstić information content (AvgIpc) is 3.29. The Labute approximate surface area is 349 Å². The highest BCUT2D eigenvalue weighted by atomic mass is 16.7. The monoisotopic (exact) mass is 828 g/mol. The molecule has 1 aromatic heterocycles. The summed E-state index contributed by atoms with van der Waals surface area (Å²) in [6.07, 6.45) is -6.60. The van der Waals surface area contributed by atoms with Gasteiger partial charge in [0.2, 0.25) is 18.1 Å². The highest BCUT2D eigenvalue weighted by Crippen LogP contribution is 2.36. The van der Waals surface area contributed by atoms with E-state index in [9.17, 15) is 29.1 Å². The second-order valence-electron chi connectivity index (χ2n) is 13.8. The van der Waals surface area contributed by atoms with Gasteiger partial charge < -0.3 is 42.7 Å². The molecular formula is C47H40O14. The van der Waals surface area contributed by atoms with Gasteiger partial charge in [-0.15, -0.1) is 0 Å². The van der Waals surface area contributed by atoms with Crippen molar-refractivity contribution in [1.29, 1.82) is 0 Å². The normalized spacial score (nSPS) is 18.3. The Kier molecular flexibility index (Phi) is 13.4. The Bertz CT molecular complexity index is 2510. The largest absolute Gasteiger partial charge is 0.504 e. The molecule has 14 heteroatoms. The summed E-state index contributed by atoms with van der Waals surface area (Å²) in [5.41, 5.74) is -0.449. The van der Waals surface area contributed by atoms with E-state index in [2.05, 4.69) is 0 Å². The summed E-state index contributed by atoms with van der Waals surface area (Å²) in [5, 5.41) is 11.1. The van der Waals surface area contributed by atoms with Crippen LogP contribution >= 0.6 is 0 Å². The molecule has 0 bridgehead atoms. The lowest BCUT2D eigenvalue weighted by Crippen LogP contribution is -2.63. The molecule has 61 heavy (non-hydrogen) atoms. The molecule has 5 atom stereocenters. The van der Waals surface area contributed by atoms with Crippen LogP contribution in [0.5, 0.6) is 17.2 Å². The van der Waals surface area contributed by atoms with Crippen LogP contribution in [0.1, 0.15) is 61.2 Å². The van der Waals surface area contributed by atoms with E-state index in [-0.39, 0.29) is 51.3 Å². The number of hydrogen-bond acceptors (Lipinski definition) is 14. The Morgan fingerprint density at radius 1 is 0.623 bits per heavy atom. The smallest absolute Gasteiger partial charge is 0.383 e. The summed E-state index contributed by atoms with van der Waals surface area (Å²) in [4.78, 5) is 67.7. The van der Waals surface area contributed by atoms with Crippen molar-refractivity contribution in [3.63, 3.8) is 0 Å². The van der Waals surface area contributed by atoms with Crippen molar-refractivity contribution in [2.75, 3.05) is 13.2 Å². The van der Waals surface area contributed by atoms with Crippen LogP contribution in [0.2, 0.25) is 0 Å². The van der Waals surface area contributed by atoms with Crippen LogP contribution < -0.4 is 15.1 Å². The first-order valence-electron chi connectivity index (χ1n) is 19.4. The second kappa shape index (κ2) is 19.5. The summed E-state index contributed by atoms with van der Waals surface area (Å²) in [6, 6.07) is 36.1. The maximum atomic E-state index is 13.9. The van der Waals surface area contributed by atoms with Crippen molar-refractivity contribution in [2.24, 2.45) is 0 Å². The van der Waals surface area contributed by atoms with Crippen molar-refractivity contribution in [1.82, 2.24) is 0 Å². The topological polar surface area (TPSA) is 183 Å². The predicted octanol–water partition coefficient (Wildman–Crippen LogP) is 7.32. The molecule has 6 aromatic rings. The molecule has 7 rings (SSSR count). The lowest BCUT2D eigenvalue weighted by atomic mass is 9.97. The number of unbranched alkanes of at least 4 members (excludes halogenated alkanes) is 1. The van der Waals surface area contributed by atoms with Gasteiger partial charge in [0, 0.05) is 6.07 Å². The number of esters is 4. The summed E-state index contributed by atoms with van der Waals surface area (Å²) < 4.78 is 47.7. The van der Waals surface area contributed by atoms with Gasteiger partial charge in [0.1, 0.15) is 24.0 Å². The van der Waals surface area contributed by atoms with Gasteiger partial charge in [-0.1, -0.05) is 86.1 Å². The van der Waals surface area contributed by atoms with Crippen LogP contribution in [0.3, 0.4) is 0 Å². The number of carbonyl (C=O) groups is 4. The summed E-state index contributed by atoms with van der Waals surface area (Å²) >= 11 is 0. The van der Waals surface area contributed by atoms with Gasteiger partial charge in [-0.25, -0.2) is 24.0 Å². The van der Waals surface area contributed by atoms with Crippen molar-refractivity contribution in [3.05, 3.63) is 172 Å². The molecule has 0 amide bonds. The van der Waals surface area contributed by atoms with Crippen LogP contribution in [0.15, 0.2) is 149 Å². The lowest BCUT2D eigenvalue weighted by molar-refractivity contribution is -0.275. The Morgan fingerprint density at radius 2 is 1.11 bits per heavy atom. The molecular weight excluding hydrogens is 789 g/mol. The minimum atomic E-state index is -1.68. The van der Waals surface area contributed by atoms with E-state index in [1.54, 1.807) is 84.9 Å². The molecule has 2 heterocycles. The Hall–Kier alpha value is -7.45. The first kappa shape index (κ1) is 41.7. The summed E-state index contributed by atoms with van der Waals surface area (Å²) in [6.45, 7) is 1.56. The Balaban J connectivity index is 1.31.